The Bertz CT molecular complexity index is 1160. The summed E-state index contributed by atoms with van der Waals surface area (Å²) in [6.07, 6.45) is 0. The highest BCUT2D eigenvalue weighted by molar-refractivity contribution is 7.22. The number of amides is 1. The fraction of sp³-hybridized carbons (Fsp3) is 0.0476. The second-order valence-corrected chi connectivity index (χ2v) is 7.42. The Balaban J connectivity index is 1.72. The molecule has 0 radical (unpaired) electrons. The van der Waals surface area contributed by atoms with Gasteiger partial charge in [-0.2, -0.15) is 0 Å². The van der Waals surface area contributed by atoms with Crippen LogP contribution in [0.3, 0.4) is 0 Å². The van der Waals surface area contributed by atoms with E-state index in [1.807, 2.05) is 36.4 Å². The smallest absolute Gasteiger partial charge is 0.267 e. The number of halogens is 1. The minimum Gasteiger partial charge on any atom is -0.321 e. The summed E-state index contributed by atoms with van der Waals surface area (Å²) in [5, 5.41) is 6.36. The first kappa shape index (κ1) is 16.8. The van der Waals surface area contributed by atoms with Crippen LogP contribution >= 0.6 is 22.9 Å². The van der Waals surface area contributed by atoms with Gasteiger partial charge in [0.05, 0.1) is 5.02 Å². The molecule has 1 N–H and O–H groups in total. The normalized spacial score (nSPS) is 11.0. The van der Waals surface area contributed by atoms with Gasteiger partial charge in [0.1, 0.15) is 4.88 Å². The Kier molecular flexibility index (Phi) is 4.23. The molecule has 0 saturated carbocycles. The molecule has 1 amide bonds. The molecule has 0 fully saturated rings. The van der Waals surface area contributed by atoms with E-state index < -0.39 is 0 Å². The summed E-state index contributed by atoms with van der Waals surface area (Å²) in [7, 11) is 0. The number of benzene rings is 3. The molecular weight excluding hydrogens is 366 g/mol. The van der Waals surface area contributed by atoms with Gasteiger partial charge in [-0.3, -0.25) is 9.59 Å². The first-order valence-electron chi connectivity index (χ1n) is 8.06. The number of carbonyl (C=O) groups is 2. The number of thiophene rings is 1. The zero-order valence-corrected chi connectivity index (χ0v) is 15.4. The van der Waals surface area contributed by atoms with E-state index in [9.17, 15) is 9.59 Å². The third-order valence-corrected chi connectivity index (χ3v) is 5.92. The molecule has 4 aromatic rings. The van der Waals surface area contributed by atoms with Gasteiger partial charge in [0.15, 0.2) is 5.78 Å². The first-order valence-corrected chi connectivity index (χ1v) is 9.26. The Hall–Kier alpha value is -2.69. The maximum absolute atomic E-state index is 12.7. The molecule has 3 aromatic carbocycles. The van der Waals surface area contributed by atoms with Crippen molar-refractivity contribution in [3.05, 3.63) is 76.1 Å². The van der Waals surface area contributed by atoms with Crippen molar-refractivity contribution >= 4 is 61.2 Å². The summed E-state index contributed by atoms with van der Waals surface area (Å²) >= 11 is 7.94. The lowest BCUT2D eigenvalue weighted by atomic mass is 10.1. The van der Waals surface area contributed by atoms with Gasteiger partial charge in [-0.05, 0) is 48.0 Å². The second-order valence-electron chi connectivity index (χ2n) is 5.99. The first-order chi connectivity index (χ1) is 12.5. The van der Waals surface area contributed by atoms with Crippen molar-refractivity contribution in [1.29, 1.82) is 0 Å². The van der Waals surface area contributed by atoms with E-state index in [1.165, 1.54) is 18.3 Å². The number of rotatable bonds is 3. The highest BCUT2D eigenvalue weighted by Gasteiger charge is 2.19. The number of carbonyl (C=O) groups excluding carboxylic acids is 2. The van der Waals surface area contributed by atoms with E-state index in [4.69, 9.17) is 11.6 Å². The standard InChI is InChI=1S/C21H14ClNO2S/c1-12(24)13-6-9-15(10-7-13)23-21(25)20-19(22)18-16-5-3-2-4-14(16)8-11-17(18)26-20/h2-11H,1H3,(H,23,25). The molecule has 0 spiro atoms. The lowest BCUT2D eigenvalue weighted by Crippen LogP contribution is -2.10. The maximum Gasteiger partial charge on any atom is 0.267 e. The molecule has 0 aliphatic rings. The van der Waals surface area contributed by atoms with Gasteiger partial charge in [-0.15, -0.1) is 11.3 Å². The highest BCUT2D eigenvalue weighted by atomic mass is 35.5. The van der Waals surface area contributed by atoms with Crippen LogP contribution in [0.15, 0.2) is 60.7 Å². The lowest BCUT2D eigenvalue weighted by Gasteiger charge is -2.05. The molecule has 1 heterocycles. The quantitative estimate of drug-likeness (QED) is 0.433. The molecule has 0 saturated heterocycles. The van der Waals surface area contributed by atoms with Crippen LogP contribution in [0.25, 0.3) is 20.9 Å². The maximum atomic E-state index is 12.7. The fourth-order valence-corrected chi connectivity index (χ4v) is 4.42. The van der Waals surface area contributed by atoms with Gasteiger partial charge in [0.25, 0.3) is 5.91 Å². The number of anilines is 1. The van der Waals surface area contributed by atoms with Crippen LogP contribution in [0.4, 0.5) is 5.69 Å². The van der Waals surface area contributed by atoms with Crippen LogP contribution in [-0.2, 0) is 0 Å². The van der Waals surface area contributed by atoms with Crippen molar-refractivity contribution in [3.63, 3.8) is 0 Å². The van der Waals surface area contributed by atoms with Gasteiger partial charge in [0.2, 0.25) is 0 Å². The zero-order valence-electron chi connectivity index (χ0n) is 13.9. The summed E-state index contributed by atoms with van der Waals surface area (Å²) < 4.78 is 0.978. The topological polar surface area (TPSA) is 46.2 Å². The summed E-state index contributed by atoms with van der Waals surface area (Å²) in [6, 6.07) is 18.8. The predicted octanol–water partition coefficient (Wildman–Crippen LogP) is 6.16. The van der Waals surface area contributed by atoms with Gasteiger partial charge in [0, 0.05) is 21.3 Å². The molecule has 0 bridgehead atoms. The SMILES string of the molecule is CC(=O)c1ccc(NC(=O)c2sc3ccc4ccccc4c3c2Cl)cc1. The molecule has 26 heavy (non-hydrogen) atoms. The minimum atomic E-state index is -0.254. The van der Waals surface area contributed by atoms with Crippen molar-refractivity contribution in [2.45, 2.75) is 6.92 Å². The molecule has 1 aromatic heterocycles. The molecule has 0 atom stereocenters. The van der Waals surface area contributed by atoms with Crippen molar-refractivity contribution in [2.24, 2.45) is 0 Å². The average Bonchev–Trinajstić information content (AvgIpc) is 2.99. The van der Waals surface area contributed by atoms with Gasteiger partial charge >= 0.3 is 0 Å². The predicted molar refractivity (Wildman–Crippen MR) is 109 cm³/mol. The van der Waals surface area contributed by atoms with Crippen LogP contribution in [0.5, 0.6) is 0 Å². The van der Waals surface area contributed by atoms with Crippen LogP contribution in [-0.4, -0.2) is 11.7 Å². The summed E-state index contributed by atoms with van der Waals surface area (Å²) in [5.41, 5.74) is 1.23. The van der Waals surface area contributed by atoms with E-state index in [0.717, 1.165) is 20.9 Å². The number of hydrogen-bond acceptors (Lipinski definition) is 3. The molecule has 3 nitrogen and oxygen atoms in total. The molecule has 0 unspecified atom stereocenters. The third-order valence-electron chi connectivity index (χ3n) is 4.28. The lowest BCUT2D eigenvalue weighted by molar-refractivity contribution is 0.101. The molecule has 4 rings (SSSR count). The van der Waals surface area contributed by atoms with E-state index in [2.05, 4.69) is 5.32 Å². The second kappa shape index (κ2) is 6.56. The van der Waals surface area contributed by atoms with Crippen LogP contribution in [0.2, 0.25) is 5.02 Å². The van der Waals surface area contributed by atoms with Crippen molar-refractivity contribution in [3.8, 4) is 0 Å². The summed E-state index contributed by atoms with van der Waals surface area (Å²) in [5.74, 6) is -0.266. The van der Waals surface area contributed by atoms with Crippen LogP contribution in [0, 0.1) is 0 Å². The van der Waals surface area contributed by atoms with E-state index >= 15 is 0 Å². The molecule has 5 heteroatoms. The summed E-state index contributed by atoms with van der Waals surface area (Å²) in [4.78, 5) is 24.5. The number of ketones is 1. The Morgan fingerprint density at radius 2 is 1.69 bits per heavy atom. The molecule has 0 aliphatic carbocycles. The van der Waals surface area contributed by atoms with E-state index in [0.29, 0.717) is 21.2 Å². The Morgan fingerprint density at radius 1 is 0.962 bits per heavy atom. The average molecular weight is 380 g/mol. The van der Waals surface area contributed by atoms with Crippen LogP contribution in [0.1, 0.15) is 27.0 Å². The Morgan fingerprint density at radius 3 is 2.42 bits per heavy atom. The summed E-state index contributed by atoms with van der Waals surface area (Å²) in [6.45, 7) is 1.51. The Labute approximate surface area is 159 Å². The molecular formula is C21H14ClNO2S. The van der Waals surface area contributed by atoms with Crippen molar-refractivity contribution in [2.75, 3.05) is 5.32 Å². The van der Waals surface area contributed by atoms with E-state index in [-0.39, 0.29) is 11.7 Å². The zero-order chi connectivity index (χ0) is 18.3. The minimum absolute atomic E-state index is 0.0118. The van der Waals surface area contributed by atoms with Gasteiger partial charge in [-0.25, -0.2) is 0 Å². The number of hydrogen-bond donors (Lipinski definition) is 1. The molecule has 128 valence electrons. The third kappa shape index (κ3) is 2.87. The van der Waals surface area contributed by atoms with Crippen molar-refractivity contribution in [1.82, 2.24) is 0 Å². The van der Waals surface area contributed by atoms with Crippen LogP contribution < -0.4 is 5.32 Å². The van der Waals surface area contributed by atoms with E-state index in [1.54, 1.807) is 24.3 Å². The van der Waals surface area contributed by atoms with Gasteiger partial charge in [-0.1, -0.05) is 41.9 Å². The number of fused-ring (bicyclic) bond motifs is 3. The largest absolute Gasteiger partial charge is 0.321 e. The van der Waals surface area contributed by atoms with Crippen molar-refractivity contribution < 1.29 is 9.59 Å². The fourth-order valence-electron chi connectivity index (χ4n) is 2.95. The number of nitrogens with one attached hydrogen (secondary N) is 1. The monoisotopic (exact) mass is 379 g/mol. The van der Waals surface area contributed by atoms with Gasteiger partial charge < -0.3 is 5.32 Å². The molecule has 0 aliphatic heterocycles. The number of Topliss-reactive ketones (excluding diaryl/α,β-unsaturated/α-hetero) is 1. The highest BCUT2D eigenvalue weighted by Crippen LogP contribution is 2.40.